The Morgan fingerprint density at radius 1 is 1.38 bits per heavy atom. The van der Waals surface area contributed by atoms with Gasteiger partial charge in [-0.2, -0.15) is 0 Å². The van der Waals surface area contributed by atoms with Crippen molar-refractivity contribution in [2.24, 2.45) is 5.41 Å². The molecular formula is C18H23FN2O3. The molecule has 1 aromatic rings. The van der Waals surface area contributed by atoms with Crippen LogP contribution >= 0.6 is 0 Å². The minimum Gasteiger partial charge on any atom is -0.447 e. The third-order valence-corrected chi connectivity index (χ3v) is 4.40. The summed E-state index contributed by atoms with van der Waals surface area (Å²) in [4.78, 5) is 28.0. The molecule has 0 radical (unpaired) electrons. The van der Waals surface area contributed by atoms with Gasteiger partial charge in [0.05, 0.1) is 11.7 Å². The molecule has 2 amide bonds. The minimum absolute atomic E-state index is 0.0801. The molecular weight excluding hydrogens is 311 g/mol. The van der Waals surface area contributed by atoms with Crippen molar-refractivity contribution in [3.8, 4) is 0 Å². The first kappa shape index (κ1) is 16.7. The number of benzene rings is 1. The van der Waals surface area contributed by atoms with Crippen molar-refractivity contribution in [1.29, 1.82) is 0 Å². The van der Waals surface area contributed by atoms with Crippen LogP contribution in [0.3, 0.4) is 0 Å². The van der Waals surface area contributed by atoms with Crippen molar-refractivity contribution in [2.75, 3.05) is 18.1 Å². The fraction of sp³-hybridized carbons (Fsp3) is 0.556. The fourth-order valence-electron chi connectivity index (χ4n) is 3.23. The number of hydrogen-bond acceptors (Lipinski definition) is 3. The van der Waals surface area contributed by atoms with Crippen molar-refractivity contribution in [3.63, 3.8) is 0 Å². The lowest BCUT2D eigenvalue weighted by atomic mass is 9.91. The molecule has 1 aromatic carbocycles. The number of fused-ring (bicyclic) bond motifs is 3. The van der Waals surface area contributed by atoms with Crippen LogP contribution in [0.25, 0.3) is 0 Å². The summed E-state index contributed by atoms with van der Waals surface area (Å²) in [5.41, 5.74) is 1.18. The van der Waals surface area contributed by atoms with E-state index in [1.54, 1.807) is 6.07 Å². The summed E-state index contributed by atoms with van der Waals surface area (Å²) >= 11 is 0. The van der Waals surface area contributed by atoms with Gasteiger partial charge in [-0.05, 0) is 29.5 Å². The van der Waals surface area contributed by atoms with Crippen molar-refractivity contribution in [3.05, 3.63) is 29.6 Å². The quantitative estimate of drug-likeness (QED) is 0.791. The first-order valence-corrected chi connectivity index (χ1v) is 8.27. The summed E-state index contributed by atoms with van der Waals surface area (Å²) in [6, 6.07) is 4.20. The van der Waals surface area contributed by atoms with Gasteiger partial charge in [-0.15, -0.1) is 0 Å². The molecule has 3 rings (SSSR count). The van der Waals surface area contributed by atoms with E-state index in [0.29, 0.717) is 31.6 Å². The van der Waals surface area contributed by atoms with Crippen molar-refractivity contribution < 1.29 is 18.7 Å². The van der Waals surface area contributed by atoms with Crippen LogP contribution in [0.4, 0.5) is 14.9 Å². The highest BCUT2D eigenvalue weighted by Crippen LogP contribution is 2.33. The molecule has 0 bridgehead atoms. The van der Waals surface area contributed by atoms with E-state index in [1.165, 1.54) is 17.0 Å². The summed E-state index contributed by atoms with van der Waals surface area (Å²) in [6.07, 6.45) is 0.631. The van der Waals surface area contributed by atoms with Crippen LogP contribution in [0.5, 0.6) is 0 Å². The topological polar surface area (TPSA) is 49.9 Å². The molecule has 2 aliphatic heterocycles. The van der Waals surface area contributed by atoms with Crippen LogP contribution in [-0.2, 0) is 16.1 Å². The molecule has 0 aromatic heterocycles. The van der Waals surface area contributed by atoms with Gasteiger partial charge in [0.15, 0.2) is 0 Å². The third-order valence-electron chi connectivity index (χ3n) is 4.40. The third kappa shape index (κ3) is 3.37. The number of ether oxygens (including phenoxy) is 1. The van der Waals surface area contributed by atoms with Gasteiger partial charge in [0, 0.05) is 19.5 Å². The molecule has 2 heterocycles. The van der Waals surface area contributed by atoms with Crippen LogP contribution in [0.1, 0.15) is 39.2 Å². The van der Waals surface area contributed by atoms with Gasteiger partial charge in [-0.25, -0.2) is 9.18 Å². The molecule has 130 valence electrons. The molecule has 2 aliphatic rings. The van der Waals surface area contributed by atoms with Crippen LogP contribution in [0.2, 0.25) is 0 Å². The second-order valence-corrected chi connectivity index (χ2v) is 7.72. The number of nitrogens with zero attached hydrogens (tertiary/aromatic N) is 2. The monoisotopic (exact) mass is 334 g/mol. The lowest BCUT2D eigenvalue weighted by Gasteiger charge is -2.33. The highest BCUT2D eigenvalue weighted by Gasteiger charge is 2.38. The molecule has 6 heteroatoms. The number of amides is 2. The molecule has 1 saturated heterocycles. The maximum absolute atomic E-state index is 13.7. The molecule has 0 aliphatic carbocycles. The van der Waals surface area contributed by atoms with Crippen LogP contribution in [-0.4, -0.2) is 36.1 Å². The molecule has 24 heavy (non-hydrogen) atoms. The summed E-state index contributed by atoms with van der Waals surface area (Å²) < 4.78 is 18.9. The van der Waals surface area contributed by atoms with E-state index in [9.17, 15) is 14.0 Å². The van der Waals surface area contributed by atoms with Gasteiger partial charge in [0.1, 0.15) is 12.4 Å². The number of cyclic esters (lactones) is 1. The standard InChI is InChI=1S/C18H23FN2O3/c1-18(2,3)9-16(22)20-7-6-14-11-24-17(23)21(14)15-8-13(19)5-4-12(15)10-20/h4-5,8,14H,6-7,9-11H2,1-3H3. The van der Waals surface area contributed by atoms with Crippen LogP contribution in [0, 0.1) is 11.2 Å². The fourth-order valence-corrected chi connectivity index (χ4v) is 3.23. The summed E-state index contributed by atoms with van der Waals surface area (Å²) in [5.74, 6) is -0.322. The highest BCUT2D eigenvalue weighted by atomic mass is 19.1. The summed E-state index contributed by atoms with van der Waals surface area (Å²) in [7, 11) is 0. The Bertz CT molecular complexity index is 669. The predicted molar refractivity (Wildman–Crippen MR) is 88.1 cm³/mol. The highest BCUT2D eigenvalue weighted by molar-refractivity contribution is 5.91. The smallest absolute Gasteiger partial charge is 0.414 e. The van der Waals surface area contributed by atoms with Gasteiger partial charge in [0.2, 0.25) is 5.91 Å². The molecule has 1 unspecified atom stereocenters. The Kier molecular flexibility index (Phi) is 4.24. The van der Waals surface area contributed by atoms with E-state index in [2.05, 4.69) is 0 Å². The Morgan fingerprint density at radius 2 is 2.12 bits per heavy atom. The Morgan fingerprint density at radius 3 is 2.83 bits per heavy atom. The molecule has 5 nitrogen and oxygen atoms in total. The second-order valence-electron chi connectivity index (χ2n) is 7.72. The van der Waals surface area contributed by atoms with Crippen molar-refractivity contribution in [2.45, 2.75) is 46.2 Å². The Labute approximate surface area is 141 Å². The maximum atomic E-state index is 13.7. The largest absolute Gasteiger partial charge is 0.447 e. The zero-order valence-corrected chi connectivity index (χ0v) is 14.3. The number of halogens is 1. The van der Waals surface area contributed by atoms with E-state index in [0.717, 1.165) is 5.56 Å². The van der Waals surface area contributed by atoms with Crippen LogP contribution in [0.15, 0.2) is 18.2 Å². The van der Waals surface area contributed by atoms with E-state index in [1.807, 2.05) is 25.7 Å². The van der Waals surface area contributed by atoms with Gasteiger partial charge >= 0.3 is 6.09 Å². The molecule has 0 saturated carbocycles. The lowest BCUT2D eigenvalue weighted by Crippen LogP contribution is -2.42. The number of rotatable bonds is 1. The first-order chi connectivity index (χ1) is 11.2. The normalized spacial score (nSPS) is 20.8. The second kappa shape index (κ2) is 6.07. The minimum atomic E-state index is -0.443. The lowest BCUT2D eigenvalue weighted by molar-refractivity contribution is -0.133. The maximum Gasteiger partial charge on any atom is 0.414 e. The number of hydrogen-bond donors (Lipinski definition) is 0. The molecule has 1 fully saturated rings. The zero-order chi connectivity index (χ0) is 17.5. The number of carbonyl (C=O) groups is 2. The summed E-state index contributed by atoms with van der Waals surface area (Å²) in [6.45, 7) is 7.30. The molecule has 1 atom stereocenters. The van der Waals surface area contributed by atoms with E-state index in [-0.39, 0.29) is 24.0 Å². The van der Waals surface area contributed by atoms with E-state index < -0.39 is 11.9 Å². The van der Waals surface area contributed by atoms with Crippen molar-refractivity contribution >= 4 is 17.7 Å². The van der Waals surface area contributed by atoms with Crippen molar-refractivity contribution in [1.82, 2.24) is 4.90 Å². The SMILES string of the molecule is CC(C)(C)CC(=O)N1CCC2COC(=O)N2c2cc(F)ccc2C1. The average molecular weight is 334 g/mol. The zero-order valence-electron chi connectivity index (χ0n) is 14.3. The number of carbonyl (C=O) groups excluding carboxylic acids is 2. The summed E-state index contributed by atoms with van der Waals surface area (Å²) in [5, 5.41) is 0. The van der Waals surface area contributed by atoms with Crippen LogP contribution < -0.4 is 4.90 Å². The molecule has 0 N–H and O–H groups in total. The molecule has 0 spiro atoms. The first-order valence-electron chi connectivity index (χ1n) is 8.27. The number of anilines is 1. The van der Waals surface area contributed by atoms with E-state index >= 15 is 0 Å². The Balaban J connectivity index is 1.93. The average Bonchev–Trinajstić information content (AvgIpc) is 2.80. The van der Waals surface area contributed by atoms with Gasteiger partial charge in [0.25, 0.3) is 0 Å². The van der Waals surface area contributed by atoms with Gasteiger partial charge < -0.3 is 9.64 Å². The van der Waals surface area contributed by atoms with Gasteiger partial charge in [-0.1, -0.05) is 26.8 Å². The predicted octanol–water partition coefficient (Wildman–Crippen LogP) is 3.32. The van der Waals surface area contributed by atoms with E-state index in [4.69, 9.17) is 4.74 Å². The van der Waals surface area contributed by atoms with Gasteiger partial charge in [-0.3, -0.25) is 9.69 Å². The Hall–Kier alpha value is -2.11.